The lowest BCUT2D eigenvalue weighted by Gasteiger charge is -2.25. The molecule has 23 nitrogen and oxygen atoms in total. The number of aliphatic hydroxyl groups excluding tert-OH is 4. The Hall–Kier alpha value is -2.16. The van der Waals surface area contributed by atoms with Crippen LogP contribution in [0.5, 0.6) is 0 Å². The zero-order chi connectivity index (χ0) is 36.7. The predicted octanol–water partition coefficient (Wildman–Crippen LogP) is -1.30. The largest absolute Gasteiger partial charge is 0.387 e. The van der Waals surface area contributed by atoms with Gasteiger partial charge in [-0.2, -0.15) is 0 Å². The quantitative estimate of drug-likeness (QED) is 0.121. The third-order valence-corrected chi connectivity index (χ3v) is 15.1. The molecule has 0 aliphatic carbocycles. The minimum Gasteiger partial charge on any atom is -0.387 e. The van der Waals surface area contributed by atoms with E-state index >= 15 is 0 Å². The summed E-state index contributed by atoms with van der Waals surface area (Å²) < 4.78 is 89.4. The summed E-state index contributed by atoms with van der Waals surface area (Å²) in [7, 11) is -18.1. The third kappa shape index (κ3) is 10.0. The van der Waals surface area contributed by atoms with Crippen LogP contribution in [0.25, 0.3) is 0 Å². The number of aromatic amines is 2. The van der Waals surface area contributed by atoms with Crippen LogP contribution in [0.3, 0.4) is 0 Å². The molecular formula is C22H34N4O19P4. The summed E-state index contributed by atoms with van der Waals surface area (Å²) in [5, 5.41) is 41.4. The Labute approximate surface area is 274 Å². The van der Waals surface area contributed by atoms with Crippen molar-refractivity contribution in [2.45, 2.75) is 49.1 Å². The molecule has 12 atom stereocenters. The van der Waals surface area contributed by atoms with Crippen molar-refractivity contribution in [3.05, 3.63) is 66.2 Å². The molecule has 7 unspecified atom stereocenters. The summed E-state index contributed by atoms with van der Waals surface area (Å²) in [6.45, 7) is 1.64. The number of nitrogens with zero attached hydrogens (tertiary/aromatic N) is 2. The third-order valence-electron chi connectivity index (χ3n) is 6.76. The molecule has 2 aromatic heterocycles. The van der Waals surface area contributed by atoms with E-state index in [2.05, 4.69) is 0 Å². The van der Waals surface area contributed by atoms with Crippen LogP contribution in [-0.2, 0) is 49.7 Å². The van der Waals surface area contributed by atoms with Crippen LogP contribution < -0.4 is 22.5 Å². The molecule has 2 aliphatic heterocycles. The first kappa shape index (κ1) is 39.6. The van der Waals surface area contributed by atoms with Gasteiger partial charge in [-0.3, -0.25) is 47.0 Å². The Morgan fingerprint density at radius 3 is 1.27 bits per heavy atom. The molecule has 4 rings (SSSR count). The molecule has 0 bridgehead atoms. The second-order valence-electron chi connectivity index (χ2n) is 11.0. The number of hydrogen-bond donors (Lipinski definition) is 6. The van der Waals surface area contributed by atoms with Crippen molar-refractivity contribution in [1.82, 2.24) is 19.1 Å². The van der Waals surface area contributed by atoms with Crippen molar-refractivity contribution in [2.24, 2.45) is 0 Å². The van der Waals surface area contributed by atoms with Crippen LogP contribution in [0, 0.1) is 0 Å². The first-order valence-electron chi connectivity index (χ1n) is 13.9. The zero-order valence-electron chi connectivity index (χ0n) is 25.9. The minimum absolute atomic E-state index is 0.724. The molecule has 2 aliphatic rings. The van der Waals surface area contributed by atoms with Gasteiger partial charge < -0.3 is 38.9 Å². The fourth-order valence-corrected chi connectivity index (χ4v) is 13.2. The van der Waals surface area contributed by atoms with E-state index in [1.54, 1.807) is 0 Å². The molecule has 27 heteroatoms. The molecule has 4 heterocycles. The maximum Gasteiger partial charge on any atom is 0.341 e. The van der Waals surface area contributed by atoms with Crippen molar-refractivity contribution in [2.75, 3.05) is 39.9 Å². The Balaban J connectivity index is 1.31. The molecule has 2 aromatic rings. The summed E-state index contributed by atoms with van der Waals surface area (Å²) in [6, 6.07) is 1.94. The minimum atomic E-state index is -4.63. The molecule has 0 amide bonds. The molecule has 276 valence electrons. The lowest BCUT2D eigenvalue weighted by atomic mass is 10.1. The SMILES string of the molecule is CP(=O)(OC[C@H]1O[C@@H](n2ccc(=O)[nH]c2=O)C(O)C1O)OP(C)(=O)OP(C)(=O)OP(C)(=O)OC[C@H]1O[C@@H](n2ccc(=O)[nH]c2=O)C(O)[C@H]1O. The Morgan fingerprint density at radius 1 is 0.612 bits per heavy atom. The summed E-state index contributed by atoms with van der Waals surface area (Å²) >= 11 is 0. The van der Waals surface area contributed by atoms with Gasteiger partial charge in [-0.1, -0.05) is 0 Å². The van der Waals surface area contributed by atoms with Crippen LogP contribution in [0.1, 0.15) is 12.5 Å². The van der Waals surface area contributed by atoms with Gasteiger partial charge in [0, 0.05) is 51.2 Å². The fraction of sp³-hybridized carbons (Fsp3) is 0.636. The van der Waals surface area contributed by atoms with Crippen molar-refractivity contribution in [3.63, 3.8) is 0 Å². The molecule has 0 spiro atoms. The molecule has 2 saturated heterocycles. The lowest BCUT2D eigenvalue weighted by Crippen LogP contribution is -2.37. The van der Waals surface area contributed by atoms with Gasteiger partial charge in [0.2, 0.25) is 0 Å². The van der Waals surface area contributed by atoms with E-state index < -0.39 is 115 Å². The summed E-state index contributed by atoms with van der Waals surface area (Å²) in [5.74, 6) is 0. The van der Waals surface area contributed by atoms with Gasteiger partial charge in [0.25, 0.3) is 11.1 Å². The molecule has 0 aromatic carbocycles. The van der Waals surface area contributed by atoms with Crippen LogP contribution in [0.2, 0.25) is 0 Å². The normalized spacial score (nSPS) is 32.2. The highest BCUT2D eigenvalue weighted by molar-refractivity contribution is 7.74. The Bertz CT molecular complexity index is 1820. The van der Waals surface area contributed by atoms with E-state index in [0.29, 0.717) is 0 Å². The Morgan fingerprint density at radius 2 is 0.939 bits per heavy atom. The molecule has 49 heavy (non-hydrogen) atoms. The zero-order valence-corrected chi connectivity index (χ0v) is 29.5. The number of hydrogen-bond acceptors (Lipinski definition) is 19. The first-order chi connectivity index (χ1) is 22.5. The number of H-pyrrole nitrogens is 2. The summed E-state index contributed by atoms with van der Waals surface area (Å²) in [5.41, 5.74) is -3.36. The van der Waals surface area contributed by atoms with Gasteiger partial charge in [-0.25, -0.2) is 22.5 Å². The number of aromatic nitrogens is 4. The van der Waals surface area contributed by atoms with E-state index in [9.17, 15) is 57.9 Å². The van der Waals surface area contributed by atoms with E-state index in [1.165, 1.54) is 0 Å². The van der Waals surface area contributed by atoms with E-state index in [4.69, 9.17) is 31.5 Å². The van der Waals surface area contributed by atoms with Crippen molar-refractivity contribution < 1.29 is 70.1 Å². The van der Waals surface area contributed by atoms with Crippen molar-refractivity contribution in [1.29, 1.82) is 0 Å². The van der Waals surface area contributed by atoms with E-state index in [-0.39, 0.29) is 0 Å². The van der Waals surface area contributed by atoms with Gasteiger partial charge in [0.1, 0.15) is 36.6 Å². The van der Waals surface area contributed by atoms with Gasteiger partial charge in [-0.15, -0.1) is 0 Å². The maximum absolute atomic E-state index is 13.0. The predicted molar refractivity (Wildman–Crippen MR) is 164 cm³/mol. The van der Waals surface area contributed by atoms with Crippen LogP contribution in [0.15, 0.2) is 43.7 Å². The number of aliphatic hydroxyl groups is 4. The van der Waals surface area contributed by atoms with Crippen LogP contribution >= 0.6 is 30.4 Å². The van der Waals surface area contributed by atoms with Crippen LogP contribution in [-0.4, -0.2) is 116 Å². The Kier molecular flexibility index (Phi) is 12.0. The highest BCUT2D eigenvalue weighted by Gasteiger charge is 2.47. The van der Waals surface area contributed by atoms with E-state index in [1.807, 2.05) is 9.97 Å². The smallest absolute Gasteiger partial charge is 0.341 e. The van der Waals surface area contributed by atoms with Crippen LogP contribution in [0.4, 0.5) is 0 Å². The average Bonchev–Trinajstić information content (AvgIpc) is 3.38. The highest BCUT2D eigenvalue weighted by Crippen LogP contribution is 2.72. The molecule has 0 saturated carbocycles. The highest BCUT2D eigenvalue weighted by atomic mass is 31.3. The van der Waals surface area contributed by atoms with Gasteiger partial charge in [-0.05, 0) is 0 Å². The van der Waals surface area contributed by atoms with Gasteiger partial charge in [0.05, 0.1) is 13.2 Å². The molecule has 6 N–H and O–H groups in total. The maximum atomic E-state index is 13.0. The van der Waals surface area contributed by atoms with E-state index in [0.717, 1.165) is 60.3 Å². The van der Waals surface area contributed by atoms with Crippen molar-refractivity contribution in [3.8, 4) is 0 Å². The standard InChI is InChI=1S/C22H34N4O19P4/c1-46(35,39-9-11-15(29)17(31)19(41-11)25-7-5-13(27)23-21(25)33)43-48(3,37)45-49(4,38)44-47(2,36)40-10-12-16(30)18(32)20(42-12)26-8-6-14(28)24-22(26)34/h5-8,11-12,15-20,29-32H,9-10H2,1-4H3,(H,23,27,33)(H,24,28,34)/t11-,12-,15+,16?,17?,18?,19-,20-,46?,47?,48?,49?/m1/s1. The summed E-state index contributed by atoms with van der Waals surface area (Å²) in [6.07, 6.45) is -10.5. The number of nitrogens with one attached hydrogen (secondary N) is 2. The second-order valence-corrected chi connectivity index (χ2v) is 19.7. The lowest BCUT2D eigenvalue weighted by molar-refractivity contribution is -0.0523. The van der Waals surface area contributed by atoms with Gasteiger partial charge >= 0.3 is 41.8 Å². The fourth-order valence-electron chi connectivity index (χ4n) is 4.75. The topological polar surface area (TPSA) is 324 Å². The molecule has 0 radical (unpaired) electrons. The molecule has 2 fully saturated rings. The van der Waals surface area contributed by atoms with Crippen molar-refractivity contribution >= 4 is 30.4 Å². The number of ether oxygens (including phenoxy) is 2. The first-order valence-corrected chi connectivity index (χ1v) is 21.8. The second kappa shape index (κ2) is 14.8. The number of rotatable bonds is 14. The monoisotopic (exact) mass is 782 g/mol. The summed E-state index contributed by atoms with van der Waals surface area (Å²) in [4.78, 5) is 50.6. The average molecular weight is 782 g/mol. The van der Waals surface area contributed by atoms with Gasteiger partial charge in [0.15, 0.2) is 12.5 Å². The molecular weight excluding hydrogens is 748 g/mol.